The first-order valence-corrected chi connectivity index (χ1v) is 7.31. The van der Waals surface area contributed by atoms with Crippen molar-refractivity contribution in [1.29, 1.82) is 5.26 Å². The van der Waals surface area contributed by atoms with E-state index in [1.54, 1.807) is 0 Å². The highest BCUT2D eigenvalue weighted by molar-refractivity contribution is 6.33. The number of anilines is 2. The summed E-state index contributed by atoms with van der Waals surface area (Å²) in [5, 5.41) is 26.1. The Morgan fingerprint density at radius 3 is 2.86 bits per heavy atom. The second kappa shape index (κ2) is 6.45. The first kappa shape index (κ1) is 14.4. The highest BCUT2D eigenvalue weighted by Crippen LogP contribution is 2.31. The van der Waals surface area contributed by atoms with Gasteiger partial charge in [-0.1, -0.05) is 11.6 Å². The topological polar surface area (TPSA) is 93.5 Å². The molecule has 8 heteroatoms. The van der Waals surface area contributed by atoms with E-state index in [-0.39, 0.29) is 11.4 Å². The molecule has 0 bridgehead atoms. The summed E-state index contributed by atoms with van der Waals surface area (Å²) in [6.45, 7) is 2.09. The van der Waals surface area contributed by atoms with Gasteiger partial charge in [-0.25, -0.2) is 0 Å². The van der Waals surface area contributed by atoms with Gasteiger partial charge >= 0.3 is 0 Å². The molecule has 1 fully saturated rings. The Labute approximate surface area is 132 Å². The standard InChI is InChI=1S/C14H14ClN7/c15-12-7-11(3-4-13(12)22-5-1-2-6-22)17-9-10(8-16)14-18-20-21-19-14/h3-4,7,9,17H,1-2,5-6H2,(H,18,19,20,21). The van der Waals surface area contributed by atoms with Crippen LogP contribution in [0.25, 0.3) is 5.57 Å². The van der Waals surface area contributed by atoms with E-state index in [9.17, 15) is 0 Å². The van der Waals surface area contributed by atoms with Crippen LogP contribution in [0.15, 0.2) is 24.4 Å². The third-order valence-electron chi connectivity index (χ3n) is 3.48. The normalized spacial score (nSPS) is 14.9. The van der Waals surface area contributed by atoms with Crippen LogP contribution in [0.1, 0.15) is 18.7 Å². The highest BCUT2D eigenvalue weighted by Gasteiger charge is 2.15. The van der Waals surface area contributed by atoms with Gasteiger partial charge in [-0.15, -0.1) is 10.2 Å². The van der Waals surface area contributed by atoms with Crippen molar-refractivity contribution in [2.24, 2.45) is 0 Å². The Kier molecular flexibility index (Phi) is 4.21. The van der Waals surface area contributed by atoms with E-state index in [4.69, 9.17) is 16.9 Å². The van der Waals surface area contributed by atoms with Gasteiger partial charge in [-0.3, -0.25) is 0 Å². The molecule has 22 heavy (non-hydrogen) atoms. The van der Waals surface area contributed by atoms with Crippen LogP contribution in [0.5, 0.6) is 0 Å². The van der Waals surface area contributed by atoms with E-state index < -0.39 is 0 Å². The van der Waals surface area contributed by atoms with Gasteiger partial charge in [-0.2, -0.15) is 10.5 Å². The zero-order valence-corrected chi connectivity index (χ0v) is 12.5. The largest absolute Gasteiger partial charge is 0.370 e. The number of nitriles is 1. The fourth-order valence-corrected chi connectivity index (χ4v) is 2.69. The predicted molar refractivity (Wildman–Crippen MR) is 84.3 cm³/mol. The van der Waals surface area contributed by atoms with E-state index in [1.807, 2.05) is 24.3 Å². The quantitative estimate of drug-likeness (QED) is 0.842. The molecule has 7 nitrogen and oxygen atoms in total. The summed E-state index contributed by atoms with van der Waals surface area (Å²) < 4.78 is 0. The van der Waals surface area contributed by atoms with E-state index in [0.717, 1.165) is 24.5 Å². The number of aromatic amines is 1. The average molecular weight is 316 g/mol. The monoisotopic (exact) mass is 315 g/mol. The van der Waals surface area contributed by atoms with Crippen LogP contribution in [-0.4, -0.2) is 33.7 Å². The average Bonchev–Trinajstić information content (AvgIpc) is 3.21. The molecule has 0 amide bonds. The first-order valence-electron chi connectivity index (χ1n) is 6.93. The number of benzene rings is 1. The number of nitrogens with zero attached hydrogens (tertiary/aromatic N) is 5. The summed E-state index contributed by atoms with van der Waals surface area (Å²) in [5.41, 5.74) is 2.13. The zero-order chi connectivity index (χ0) is 15.4. The molecule has 0 saturated carbocycles. The van der Waals surface area contributed by atoms with Crippen LogP contribution in [0.4, 0.5) is 11.4 Å². The lowest BCUT2D eigenvalue weighted by molar-refractivity contribution is 0.881. The SMILES string of the molecule is N#CC(=CNc1ccc(N2CCCC2)c(Cl)c1)c1nn[nH]n1. The number of tetrazole rings is 1. The maximum Gasteiger partial charge on any atom is 0.216 e. The zero-order valence-electron chi connectivity index (χ0n) is 11.8. The van der Waals surface area contributed by atoms with Crippen LogP contribution in [-0.2, 0) is 0 Å². The van der Waals surface area contributed by atoms with Crippen molar-refractivity contribution in [2.45, 2.75) is 12.8 Å². The molecular formula is C14H14ClN7. The van der Waals surface area contributed by atoms with Gasteiger partial charge < -0.3 is 10.2 Å². The maximum atomic E-state index is 9.11. The summed E-state index contributed by atoms with van der Waals surface area (Å²) in [7, 11) is 0. The Hall–Kier alpha value is -2.59. The van der Waals surface area contributed by atoms with Gasteiger partial charge in [0.05, 0.1) is 10.7 Å². The molecule has 2 heterocycles. The molecule has 1 saturated heterocycles. The minimum atomic E-state index is 0.245. The summed E-state index contributed by atoms with van der Waals surface area (Å²) in [4.78, 5) is 2.28. The molecule has 1 aromatic carbocycles. The van der Waals surface area contributed by atoms with Gasteiger partial charge in [0.2, 0.25) is 5.82 Å². The lowest BCUT2D eigenvalue weighted by Gasteiger charge is -2.19. The minimum Gasteiger partial charge on any atom is -0.370 e. The molecule has 1 aromatic heterocycles. The van der Waals surface area contributed by atoms with Crippen molar-refractivity contribution >= 4 is 28.5 Å². The lowest BCUT2D eigenvalue weighted by Crippen LogP contribution is -2.17. The number of rotatable bonds is 4. The number of nitrogens with one attached hydrogen (secondary N) is 2. The maximum absolute atomic E-state index is 9.11. The van der Waals surface area contributed by atoms with Gasteiger partial charge in [0, 0.05) is 25.0 Å². The number of hydrogen-bond acceptors (Lipinski definition) is 6. The van der Waals surface area contributed by atoms with Gasteiger partial charge in [0.1, 0.15) is 11.6 Å². The number of hydrogen-bond donors (Lipinski definition) is 2. The predicted octanol–water partition coefficient (Wildman–Crippen LogP) is 2.43. The Morgan fingerprint density at radius 1 is 1.41 bits per heavy atom. The number of aromatic nitrogens is 4. The van der Waals surface area contributed by atoms with Crippen molar-refractivity contribution in [2.75, 3.05) is 23.3 Å². The molecule has 2 aromatic rings. The molecule has 0 unspecified atom stereocenters. The highest BCUT2D eigenvalue weighted by atomic mass is 35.5. The lowest BCUT2D eigenvalue weighted by atomic mass is 10.2. The van der Waals surface area contributed by atoms with Crippen molar-refractivity contribution in [1.82, 2.24) is 20.6 Å². The number of halogens is 1. The third kappa shape index (κ3) is 3.02. The Morgan fingerprint density at radius 2 is 2.23 bits per heavy atom. The smallest absolute Gasteiger partial charge is 0.216 e. The van der Waals surface area contributed by atoms with E-state index >= 15 is 0 Å². The number of H-pyrrole nitrogens is 1. The van der Waals surface area contributed by atoms with Crippen molar-refractivity contribution in [3.63, 3.8) is 0 Å². The Balaban J connectivity index is 1.76. The van der Waals surface area contributed by atoms with E-state index in [1.165, 1.54) is 19.0 Å². The second-order valence-electron chi connectivity index (χ2n) is 4.91. The van der Waals surface area contributed by atoms with E-state index in [2.05, 4.69) is 30.8 Å². The molecule has 112 valence electrons. The fourth-order valence-electron chi connectivity index (χ4n) is 2.39. The van der Waals surface area contributed by atoms with Gasteiger partial charge in [-0.05, 0) is 36.3 Å². The van der Waals surface area contributed by atoms with Gasteiger partial charge in [0.25, 0.3) is 0 Å². The molecule has 0 radical (unpaired) electrons. The van der Waals surface area contributed by atoms with Crippen LogP contribution < -0.4 is 10.2 Å². The van der Waals surface area contributed by atoms with Crippen LogP contribution in [0.3, 0.4) is 0 Å². The van der Waals surface area contributed by atoms with Crippen molar-refractivity contribution in [3.8, 4) is 6.07 Å². The molecular weight excluding hydrogens is 302 g/mol. The summed E-state index contributed by atoms with van der Waals surface area (Å²) in [6.07, 6.45) is 3.94. The summed E-state index contributed by atoms with van der Waals surface area (Å²) >= 11 is 6.35. The molecule has 2 N–H and O–H groups in total. The molecule has 1 aliphatic rings. The molecule has 0 aliphatic carbocycles. The molecule has 1 aliphatic heterocycles. The van der Waals surface area contributed by atoms with Crippen LogP contribution in [0.2, 0.25) is 5.02 Å². The second-order valence-corrected chi connectivity index (χ2v) is 5.32. The number of allylic oxidation sites excluding steroid dienone is 1. The summed E-state index contributed by atoms with van der Waals surface area (Å²) in [6, 6.07) is 7.78. The summed E-state index contributed by atoms with van der Waals surface area (Å²) in [5.74, 6) is 0.245. The molecule has 0 spiro atoms. The van der Waals surface area contributed by atoms with Crippen molar-refractivity contribution < 1.29 is 0 Å². The molecule has 3 rings (SSSR count). The third-order valence-corrected chi connectivity index (χ3v) is 3.79. The van der Waals surface area contributed by atoms with Gasteiger partial charge in [0.15, 0.2) is 0 Å². The Bertz CT molecular complexity index is 711. The van der Waals surface area contributed by atoms with Crippen LogP contribution >= 0.6 is 11.6 Å². The fraction of sp³-hybridized carbons (Fsp3) is 0.286. The van der Waals surface area contributed by atoms with E-state index in [0.29, 0.717) is 5.02 Å². The minimum absolute atomic E-state index is 0.245. The van der Waals surface area contributed by atoms with Crippen LogP contribution in [0, 0.1) is 11.3 Å². The first-order chi connectivity index (χ1) is 10.8. The van der Waals surface area contributed by atoms with Crippen molar-refractivity contribution in [3.05, 3.63) is 35.2 Å². The molecule has 0 atom stereocenters.